The molecule has 1 heterocycles. The molecule has 1 rings (SSSR count). The van der Waals surface area contributed by atoms with E-state index >= 15 is 0 Å². The highest BCUT2D eigenvalue weighted by Gasteiger charge is 2.26. The van der Waals surface area contributed by atoms with Crippen molar-refractivity contribution in [3.8, 4) is 0 Å². The summed E-state index contributed by atoms with van der Waals surface area (Å²) >= 11 is 5.32. The van der Waals surface area contributed by atoms with E-state index in [1.54, 1.807) is 0 Å². The smallest absolute Gasteiger partial charge is 0.0464 e. The molecule has 0 saturated heterocycles. The van der Waals surface area contributed by atoms with Crippen LogP contribution in [0.3, 0.4) is 0 Å². The quantitative estimate of drug-likeness (QED) is 0.872. The fourth-order valence-electron chi connectivity index (χ4n) is 1.52. The lowest BCUT2D eigenvalue weighted by molar-refractivity contribution is 0.280. The molecule has 1 aromatic heterocycles. The fraction of sp³-hybridized carbons (Fsp3) is 0.636. The summed E-state index contributed by atoms with van der Waals surface area (Å²) in [5.74, 6) is 0. The molecule has 0 fully saturated rings. The number of halogens is 1. The van der Waals surface area contributed by atoms with Crippen molar-refractivity contribution in [2.45, 2.75) is 33.7 Å². The molecule has 0 amide bonds. The molecule has 1 atom stereocenters. The highest BCUT2D eigenvalue weighted by molar-refractivity contribution is 9.10. The average molecular weight is 276 g/mol. The highest BCUT2D eigenvalue weighted by Crippen LogP contribution is 2.36. The van der Waals surface area contributed by atoms with E-state index in [4.69, 9.17) is 0 Å². The normalized spacial score (nSPS) is 14.4. The Morgan fingerprint density at radius 3 is 2.50 bits per heavy atom. The van der Waals surface area contributed by atoms with Gasteiger partial charge in [0.25, 0.3) is 0 Å². The summed E-state index contributed by atoms with van der Waals surface area (Å²) in [6.07, 6.45) is 0. The first kappa shape index (κ1) is 12.2. The molecule has 0 aliphatic carbocycles. The SMILES string of the molecule is CCNC(c1cc(Br)cs1)C(C)(C)C. The molecular formula is C11H18BrNS. The van der Waals surface area contributed by atoms with Crippen molar-refractivity contribution < 1.29 is 0 Å². The lowest BCUT2D eigenvalue weighted by atomic mass is 9.86. The van der Waals surface area contributed by atoms with Crippen LogP contribution in [0.4, 0.5) is 0 Å². The molecule has 0 radical (unpaired) electrons. The Balaban J connectivity index is 2.88. The number of hydrogen-bond acceptors (Lipinski definition) is 2. The zero-order valence-electron chi connectivity index (χ0n) is 9.23. The van der Waals surface area contributed by atoms with Gasteiger partial charge >= 0.3 is 0 Å². The van der Waals surface area contributed by atoms with Crippen LogP contribution >= 0.6 is 27.3 Å². The maximum atomic E-state index is 3.54. The average Bonchev–Trinajstić information content (AvgIpc) is 2.45. The van der Waals surface area contributed by atoms with E-state index in [-0.39, 0.29) is 5.41 Å². The first-order valence-corrected chi connectivity index (χ1v) is 6.59. The van der Waals surface area contributed by atoms with E-state index in [1.165, 1.54) is 9.35 Å². The molecule has 1 aromatic rings. The maximum Gasteiger partial charge on any atom is 0.0464 e. The minimum atomic E-state index is 0.264. The molecule has 1 nitrogen and oxygen atoms in total. The Kier molecular flexibility index (Phi) is 4.16. The Morgan fingerprint density at radius 1 is 1.50 bits per heavy atom. The summed E-state index contributed by atoms with van der Waals surface area (Å²) in [5.41, 5.74) is 0.264. The number of thiophene rings is 1. The second kappa shape index (κ2) is 4.77. The molecule has 3 heteroatoms. The van der Waals surface area contributed by atoms with E-state index < -0.39 is 0 Å². The van der Waals surface area contributed by atoms with Crippen LogP contribution in [-0.4, -0.2) is 6.54 Å². The third-order valence-corrected chi connectivity index (χ3v) is 3.90. The van der Waals surface area contributed by atoms with Crippen molar-refractivity contribution in [3.05, 3.63) is 20.8 Å². The lowest BCUT2D eigenvalue weighted by Crippen LogP contribution is -2.31. The second-order valence-electron chi connectivity index (χ2n) is 4.52. The molecule has 0 aliphatic rings. The standard InChI is InChI=1S/C11H18BrNS/c1-5-13-10(11(2,3)4)9-6-8(12)7-14-9/h6-7,10,13H,5H2,1-4H3. The number of hydrogen-bond donors (Lipinski definition) is 1. The van der Waals surface area contributed by atoms with Gasteiger partial charge < -0.3 is 5.32 Å². The zero-order valence-corrected chi connectivity index (χ0v) is 11.6. The second-order valence-corrected chi connectivity index (χ2v) is 6.38. The summed E-state index contributed by atoms with van der Waals surface area (Å²) in [4.78, 5) is 1.41. The Hall–Kier alpha value is 0.140. The van der Waals surface area contributed by atoms with E-state index in [0.717, 1.165) is 6.54 Å². The molecule has 0 aromatic carbocycles. The van der Waals surface area contributed by atoms with Crippen LogP contribution in [0.1, 0.15) is 38.6 Å². The van der Waals surface area contributed by atoms with Crippen molar-refractivity contribution in [1.82, 2.24) is 5.32 Å². The first-order valence-electron chi connectivity index (χ1n) is 4.92. The molecule has 1 N–H and O–H groups in total. The Morgan fingerprint density at radius 2 is 2.14 bits per heavy atom. The van der Waals surface area contributed by atoms with Gasteiger partial charge in [0.15, 0.2) is 0 Å². The van der Waals surface area contributed by atoms with Gasteiger partial charge in [-0.3, -0.25) is 0 Å². The number of nitrogens with one attached hydrogen (secondary N) is 1. The van der Waals surface area contributed by atoms with Gasteiger partial charge in [0, 0.05) is 20.8 Å². The largest absolute Gasteiger partial charge is 0.309 e. The molecular weight excluding hydrogens is 258 g/mol. The predicted octanol–water partition coefficient (Wildman–Crippen LogP) is 4.21. The van der Waals surface area contributed by atoms with Gasteiger partial charge in [-0.2, -0.15) is 0 Å². The summed E-state index contributed by atoms with van der Waals surface area (Å²) in [6.45, 7) is 9.98. The van der Waals surface area contributed by atoms with Gasteiger partial charge in [-0.25, -0.2) is 0 Å². The summed E-state index contributed by atoms with van der Waals surface area (Å²) < 4.78 is 1.18. The molecule has 14 heavy (non-hydrogen) atoms. The lowest BCUT2D eigenvalue weighted by Gasteiger charge is -2.30. The highest BCUT2D eigenvalue weighted by atomic mass is 79.9. The van der Waals surface area contributed by atoms with Crippen LogP contribution in [0, 0.1) is 5.41 Å². The monoisotopic (exact) mass is 275 g/mol. The molecule has 0 aliphatic heterocycles. The van der Waals surface area contributed by atoms with Crippen LogP contribution in [0.15, 0.2) is 15.9 Å². The summed E-state index contributed by atoms with van der Waals surface area (Å²) in [5, 5.41) is 5.69. The van der Waals surface area contributed by atoms with Crippen LogP contribution < -0.4 is 5.32 Å². The number of rotatable bonds is 3. The van der Waals surface area contributed by atoms with E-state index in [1.807, 2.05) is 11.3 Å². The summed E-state index contributed by atoms with van der Waals surface area (Å²) in [6, 6.07) is 2.66. The molecule has 1 unspecified atom stereocenters. The van der Waals surface area contributed by atoms with Gasteiger partial charge in [0.1, 0.15) is 0 Å². The van der Waals surface area contributed by atoms with E-state index in [9.17, 15) is 0 Å². The van der Waals surface area contributed by atoms with Crippen molar-refractivity contribution in [2.24, 2.45) is 5.41 Å². The van der Waals surface area contributed by atoms with Crippen molar-refractivity contribution in [1.29, 1.82) is 0 Å². The van der Waals surface area contributed by atoms with Gasteiger partial charge in [-0.1, -0.05) is 27.7 Å². The summed E-state index contributed by atoms with van der Waals surface area (Å²) in [7, 11) is 0. The molecule has 0 saturated carbocycles. The third kappa shape index (κ3) is 3.07. The van der Waals surface area contributed by atoms with Crippen molar-refractivity contribution >= 4 is 27.3 Å². The van der Waals surface area contributed by atoms with Crippen LogP contribution in [-0.2, 0) is 0 Å². The van der Waals surface area contributed by atoms with E-state index in [2.05, 4.69) is 60.4 Å². The van der Waals surface area contributed by atoms with Crippen molar-refractivity contribution in [2.75, 3.05) is 6.54 Å². The van der Waals surface area contributed by atoms with Gasteiger partial charge in [0.05, 0.1) is 0 Å². The van der Waals surface area contributed by atoms with Crippen LogP contribution in [0.25, 0.3) is 0 Å². The zero-order chi connectivity index (χ0) is 10.8. The topological polar surface area (TPSA) is 12.0 Å². The predicted molar refractivity (Wildman–Crippen MR) is 67.9 cm³/mol. The molecule has 0 spiro atoms. The fourth-order valence-corrected chi connectivity index (χ4v) is 3.28. The minimum Gasteiger partial charge on any atom is -0.309 e. The maximum absolute atomic E-state index is 3.54. The molecule has 0 bridgehead atoms. The Bertz CT molecular complexity index is 288. The van der Waals surface area contributed by atoms with Gasteiger partial charge in [-0.05, 0) is 34.0 Å². The van der Waals surface area contributed by atoms with Gasteiger partial charge in [0.2, 0.25) is 0 Å². The Labute approximate surface area is 99.0 Å². The van der Waals surface area contributed by atoms with Crippen LogP contribution in [0.2, 0.25) is 0 Å². The van der Waals surface area contributed by atoms with E-state index in [0.29, 0.717) is 6.04 Å². The van der Waals surface area contributed by atoms with Crippen LogP contribution in [0.5, 0.6) is 0 Å². The minimum absolute atomic E-state index is 0.264. The third-order valence-electron chi connectivity index (χ3n) is 2.15. The van der Waals surface area contributed by atoms with Crippen molar-refractivity contribution in [3.63, 3.8) is 0 Å². The first-order chi connectivity index (χ1) is 6.45. The molecule has 80 valence electrons. The van der Waals surface area contributed by atoms with Gasteiger partial charge in [-0.15, -0.1) is 11.3 Å².